The highest BCUT2D eigenvalue weighted by atomic mass is 79.9. The van der Waals surface area contributed by atoms with Crippen LogP contribution in [0.1, 0.15) is 0 Å². The van der Waals surface area contributed by atoms with Crippen LogP contribution in [0.25, 0.3) is 0 Å². The van der Waals surface area contributed by atoms with E-state index in [0.29, 0.717) is 23.2 Å². The van der Waals surface area contributed by atoms with Gasteiger partial charge in [0.25, 0.3) is 5.69 Å². The Balaban J connectivity index is 2.36. The van der Waals surface area contributed by atoms with Crippen molar-refractivity contribution in [3.05, 3.63) is 32.8 Å². The van der Waals surface area contributed by atoms with E-state index in [1.807, 2.05) is 0 Å². The number of nitro groups is 1. The maximum Gasteiger partial charge on any atom is 0.322 e. The Morgan fingerprint density at radius 3 is 2.75 bits per heavy atom. The van der Waals surface area contributed by atoms with Crippen LogP contribution < -0.4 is 10.2 Å². The second-order valence-corrected chi connectivity index (χ2v) is 4.13. The molecule has 7 heteroatoms. The molecule has 1 N–H and O–H groups in total. The van der Waals surface area contributed by atoms with E-state index < -0.39 is 4.92 Å². The molecular formula is C9H8BrN3O3. The fourth-order valence-electron chi connectivity index (χ4n) is 1.53. The second-order valence-electron chi connectivity index (χ2n) is 3.28. The van der Waals surface area contributed by atoms with Gasteiger partial charge in [-0.1, -0.05) is 0 Å². The van der Waals surface area contributed by atoms with Crippen molar-refractivity contribution in [1.82, 2.24) is 5.32 Å². The number of nitro benzene ring substituents is 1. The highest BCUT2D eigenvalue weighted by Crippen LogP contribution is 2.30. The van der Waals surface area contributed by atoms with Crippen molar-refractivity contribution >= 4 is 33.3 Å². The van der Waals surface area contributed by atoms with Gasteiger partial charge in [0.15, 0.2) is 0 Å². The molecule has 0 bridgehead atoms. The summed E-state index contributed by atoms with van der Waals surface area (Å²) in [4.78, 5) is 23.0. The topological polar surface area (TPSA) is 75.5 Å². The van der Waals surface area contributed by atoms with Crippen LogP contribution in [0, 0.1) is 10.1 Å². The molecule has 0 atom stereocenters. The number of rotatable bonds is 2. The Morgan fingerprint density at radius 1 is 1.50 bits per heavy atom. The Labute approximate surface area is 99.5 Å². The number of nitrogens with zero attached hydrogens (tertiary/aromatic N) is 2. The van der Waals surface area contributed by atoms with E-state index in [0.717, 1.165) is 0 Å². The number of carbonyl (C=O) groups is 1. The number of benzene rings is 1. The maximum absolute atomic E-state index is 11.4. The smallest absolute Gasteiger partial charge is 0.322 e. The molecule has 1 aromatic carbocycles. The van der Waals surface area contributed by atoms with Crippen molar-refractivity contribution in [2.45, 2.75) is 0 Å². The Kier molecular flexibility index (Phi) is 2.78. The molecule has 1 saturated heterocycles. The molecule has 1 aromatic rings. The highest BCUT2D eigenvalue weighted by molar-refractivity contribution is 9.10. The van der Waals surface area contributed by atoms with Gasteiger partial charge in [0.1, 0.15) is 0 Å². The number of amides is 2. The largest absolute Gasteiger partial charge is 0.336 e. The first kappa shape index (κ1) is 10.9. The lowest BCUT2D eigenvalue weighted by Gasteiger charge is -2.15. The monoisotopic (exact) mass is 285 g/mol. The van der Waals surface area contributed by atoms with Crippen LogP contribution in [-0.2, 0) is 0 Å². The van der Waals surface area contributed by atoms with E-state index in [1.54, 1.807) is 6.07 Å². The van der Waals surface area contributed by atoms with E-state index in [9.17, 15) is 14.9 Å². The maximum atomic E-state index is 11.4. The van der Waals surface area contributed by atoms with Crippen molar-refractivity contribution in [3.8, 4) is 0 Å². The first-order chi connectivity index (χ1) is 7.59. The molecule has 1 fully saturated rings. The summed E-state index contributed by atoms with van der Waals surface area (Å²) in [6, 6.07) is 4.15. The van der Waals surface area contributed by atoms with Gasteiger partial charge >= 0.3 is 6.03 Å². The third kappa shape index (κ3) is 1.85. The average molecular weight is 286 g/mol. The van der Waals surface area contributed by atoms with E-state index >= 15 is 0 Å². The zero-order valence-corrected chi connectivity index (χ0v) is 9.73. The third-order valence-corrected chi connectivity index (χ3v) is 2.92. The quantitative estimate of drug-likeness (QED) is 0.666. The highest BCUT2D eigenvalue weighted by Gasteiger charge is 2.23. The lowest BCUT2D eigenvalue weighted by molar-refractivity contribution is -0.384. The van der Waals surface area contributed by atoms with Gasteiger partial charge in [0, 0.05) is 29.7 Å². The van der Waals surface area contributed by atoms with Gasteiger partial charge < -0.3 is 5.32 Å². The molecule has 1 aliphatic rings. The molecule has 0 saturated carbocycles. The van der Waals surface area contributed by atoms with Gasteiger partial charge in [0.05, 0.1) is 10.6 Å². The fourth-order valence-corrected chi connectivity index (χ4v) is 2.11. The predicted octanol–water partition coefficient (Wildman–Crippen LogP) is 1.89. The molecule has 6 nitrogen and oxygen atoms in total. The van der Waals surface area contributed by atoms with Crippen LogP contribution in [0.4, 0.5) is 16.2 Å². The third-order valence-electron chi connectivity index (χ3n) is 2.29. The van der Waals surface area contributed by atoms with Gasteiger partial charge in [-0.15, -0.1) is 0 Å². The summed E-state index contributed by atoms with van der Waals surface area (Å²) >= 11 is 3.23. The van der Waals surface area contributed by atoms with E-state index in [4.69, 9.17) is 0 Å². The average Bonchev–Trinajstić information content (AvgIpc) is 2.64. The number of hydrogen-bond donors (Lipinski definition) is 1. The van der Waals surface area contributed by atoms with Crippen LogP contribution in [-0.4, -0.2) is 24.0 Å². The summed E-state index contributed by atoms with van der Waals surface area (Å²) in [5.41, 5.74) is 0.635. The van der Waals surface area contributed by atoms with Gasteiger partial charge in [0.2, 0.25) is 0 Å². The number of urea groups is 1. The lowest BCUT2D eigenvalue weighted by Crippen LogP contribution is -2.27. The molecule has 16 heavy (non-hydrogen) atoms. The molecule has 1 heterocycles. The molecule has 0 spiro atoms. The number of anilines is 1. The molecule has 0 aliphatic carbocycles. The summed E-state index contributed by atoms with van der Waals surface area (Å²) in [5.74, 6) is 0. The second kappa shape index (κ2) is 4.09. The van der Waals surface area contributed by atoms with Crippen LogP contribution in [0.15, 0.2) is 22.7 Å². The first-order valence-corrected chi connectivity index (χ1v) is 5.38. The molecule has 2 rings (SSSR count). The summed E-state index contributed by atoms with van der Waals surface area (Å²) < 4.78 is 0.541. The normalized spacial score (nSPS) is 15.1. The van der Waals surface area contributed by atoms with Crippen molar-refractivity contribution in [2.75, 3.05) is 18.0 Å². The number of carbonyl (C=O) groups excluding carboxylic acids is 1. The summed E-state index contributed by atoms with van der Waals surface area (Å²) in [6.07, 6.45) is 0. The van der Waals surface area contributed by atoms with Gasteiger partial charge in [-0.2, -0.15) is 0 Å². The minimum Gasteiger partial charge on any atom is -0.336 e. The van der Waals surface area contributed by atoms with Crippen molar-refractivity contribution in [2.24, 2.45) is 0 Å². The van der Waals surface area contributed by atoms with Crippen LogP contribution in [0.3, 0.4) is 0 Å². The van der Waals surface area contributed by atoms with Crippen LogP contribution in [0.5, 0.6) is 0 Å². The Hall–Kier alpha value is -1.63. The Morgan fingerprint density at radius 2 is 2.25 bits per heavy atom. The SMILES string of the molecule is O=C1NCCN1c1ccc([N+](=O)[O-])cc1Br. The minimum absolute atomic E-state index is 0.00442. The van der Waals surface area contributed by atoms with Crippen LogP contribution in [0.2, 0.25) is 0 Å². The van der Waals surface area contributed by atoms with E-state index in [-0.39, 0.29) is 11.7 Å². The minimum atomic E-state index is -0.474. The fraction of sp³-hybridized carbons (Fsp3) is 0.222. The number of non-ortho nitro benzene ring substituents is 1. The van der Waals surface area contributed by atoms with Crippen molar-refractivity contribution < 1.29 is 9.72 Å². The molecule has 1 aliphatic heterocycles. The van der Waals surface area contributed by atoms with Gasteiger partial charge in [-0.3, -0.25) is 15.0 Å². The molecular weight excluding hydrogens is 278 g/mol. The Bertz CT molecular complexity index is 463. The van der Waals surface area contributed by atoms with E-state index in [1.165, 1.54) is 17.0 Å². The van der Waals surface area contributed by atoms with Gasteiger partial charge in [-0.05, 0) is 22.0 Å². The van der Waals surface area contributed by atoms with Crippen molar-refractivity contribution in [1.29, 1.82) is 0 Å². The molecule has 84 valence electrons. The molecule has 0 radical (unpaired) electrons. The molecule has 0 aromatic heterocycles. The van der Waals surface area contributed by atoms with E-state index in [2.05, 4.69) is 21.2 Å². The number of hydrogen-bond acceptors (Lipinski definition) is 3. The zero-order chi connectivity index (χ0) is 11.7. The number of halogens is 1. The lowest BCUT2D eigenvalue weighted by atomic mass is 10.2. The predicted molar refractivity (Wildman–Crippen MR) is 61.5 cm³/mol. The zero-order valence-electron chi connectivity index (χ0n) is 8.14. The standard InChI is InChI=1S/C9H8BrN3O3/c10-7-5-6(13(15)16)1-2-8(7)12-4-3-11-9(12)14/h1-2,5H,3-4H2,(H,11,14). The molecule has 0 unspecified atom stereocenters. The van der Waals surface area contributed by atoms with Crippen LogP contribution >= 0.6 is 15.9 Å². The number of nitrogens with one attached hydrogen (secondary N) is 1. The summed E-state index contributed by atoms with van der Waals surface area (Å²) in [5, 5.41) is 13.2. The van der Waals surface area contributed by atoms with Crippen molar-refractivity contribution in [3.63, 3.8) is 0 Å². The summed E-state index contributed by atoms with van der Waals surface area (Å²) in [7, 11) is 0. The first-order valence-electron chi connectivity index (χ1n) is 4.59. The summed E-state index contributed by atoms with van der Waals surface area (Å²) in [6.45, 7) is 1.15. The van der Waals surface area contributed by atoms with Gasteiger partial charge in [-0.25, -0.2) is 4.79 Å². The molecule has 2 amide bonds.